The number of aromatic nitrogens is 5. The van der Waals surface area contributed by atoms with Gasteiger partial charge < -0.3 is 4.90 Å². The number of halogens is 4. The van der Waals surface area contributed by atoms with E-state index >= 15 is 0 Å². The molecule has 1 aliphatic heterocycles. The fourth-order valence-corrected chi connectivity index (χ4v) is 4.96. The molecule has 6 nitrogen and oxygen atoms in total. The maximum atomic E-state index is 14.8. The van der Waals surface area contributed by atoms with Crippen molar-refractivity contribution in [2.75, 3.05) is 19.6 Å². The molecule has 0 saturated carbocycles. The van der Waals surface area contributed by atoms with Gasteiger partial charge in [0.05, 0.1) is 24.0 Å². The highest BCUT2D eigenvalue weighted by molar-refractivity contribution is 5.95. The van der Waals surface area contributed by atoms with Crippen LogP contribution >= 0.6 is 0 Å². The highest BCUT2D eigenvalue weighted by atomic mass is 19.4. The van der Waals surface area contributed by atoms with Crippen LogP contribution in [-0.4, -0.2) is 49.3 Å². The van der Waals surface area contributed by atoms with E-state index < -0.39 is 17.6 Å². The van der Waals surface area contributed by atoms with E-state index in [0.29, 0.717) is 22.2 Å². The van der Waals surface area contributed by atoms with Gasteiger partial charge in [-0.15, -0.1) is 0 Å². The first kappa shape index (κ1) is 25.1. The Hall–Kier alpha value is -4.18. The van der Waals surface area contributed by atoms with E-state index in [1.54, 1.807) is 30.7 Å². The maximum Gasteiger partial charge on any atom is 0.416 e. The fraction of sp³-hybridized carbons (Fsp3) is 0.241. The van der Waals surface area contributed by atoms with E-state index in [2.05, 4.69) is 25.0 Å². The number of hydrogen-bond acceptors (Lipinski definition) is 5. The average molecular weight is 533 g/mol. The molecule has 1 saturated heterocycles. The molecule has 6 rings (SSSR count). The van der Waals surface area contributed by atoms with Gasteiger partial charge >= 0.3 is 6.18 Å². The van der Waals surface area contributed by atoms with Crippen molar-refractivity contribution < 1.29 is 17.6 Å². The van der Waals surface area contributed by atoms with Gasteiger partial charge in [0, 0.05) is 59.0 Å². The van der Waals surface area contributed by atoms with Crippen LogP contribution < -0.4 is 0 Å². The molecule has 0 bridgehead atoms. The molecule has 4 aromatic heterocycles. The lowest BCUT2D eigenvalue weighted by Crippen LogP contribution is -2.24. The van der Waals surface area contributed by atoms with Gasteiger partial charge in [0.1, 0.15) is 5.82 Å². The molecule has 1 fully saturated rings. The van der Waals surface area contributed by atoms with Gasteiger partial charge in [-0.3, -0.25) is 9.67 Å². The van der Waals surface area contributed by atoms with E-state index in [9.17, 15) is 17.6 Å². The molecule has 0 atom stereocenters. The SMILES string of the molecule is Fc1ccc(C(F)(F)F)cc1-c1cc(-c2cncc(-c3cnn(CCN4CCCC4)c3)c2)c2cccnc2n1. The topological polar surface area (TPSA) is 59.7 Å². The highest BCUT2D eigenvalue weighted by Gasteiger charge is 2.31. The van der Waals surface area contributed by atoms with Gasteiger partial charge in [-0.25, -0.2) is 14.4 Å². The zero-order valence-corrected chi connectivity index (χ0v) is 20.9. The van der Waals surface area contributed by atoms with E-state index in [0.717, 1.165) is 55.5 Å². The molecule has 0 amide bonds. The minimum atomic E-state index is -4.61. The summed E-state index contributed by atoms with van der Waals surface area (Å²) in [5.74, 6) is -0.801. The van der Waals surface area contributed by atoms with Gasteiger partial charge in [0.15, 0.2) is 5.65 Å². The van der Waals surface area contributed by atoms with Gasteiger partial charge in [0.2, 0.25) is 0 Å². The van der Waals surface area contributed by atoms with Gasteiger partial charge in [0.25, 0.3) is 0 Å². The first-order valence-electron chi connectivity index (χ1n) is 12.7. The standard InChI is InChI=1S/C29H24F4N6/c30-26-6-5-22(29(31,32)33)13-25(26)27-14-24(23-4-3-7-35-28(23)37-27)20-12-19(15-34-16-20)21-17-36-39(18-21)11-10-38-8-1-2-9-38/h3-7,12-18H,1-2,8-11H2. The molecule has 0 unspecified atom stereocenters. The largest absolute Gasteiger partial charge is 0.416 e. The van der Waals surface area contributed by atoms with Crippen LogP contribution in [0.25, 0.3) is 44.5 Å². The van der Waals surface area contributed by atoms with Crippen LogP contribution in [0.4, 0.5) is 17.6 Å². The first-order valence-corrected chi connectivity index (χ1v) is 12.7. The first-order chi connectivity index (χ1) is 18.8. The molecule has 1 aliphatic rings. The number of nitrogens with zero attached hydrogens (tertiary/aromatic N) is 6. The minimum Gasteiger partial charge on any atom is -0.301 e. The number of alkyl halides is 3. The summed E-state index contributed by atoms with van der Waals surface area (Å²) in [5.41, 5.74) is 2.21. The van der Waals surface area contributed by atoms with E-state index in [1.165, 1.54) is 19.0 Å². The Balaban J connectivity index is 1.38. The van der Waals surface area contributed by atoms with Crippen molar-refractivity contribution in [3.63, 3.8) is 0 Å². The lowest BCUT2D eigenvalue weighted by molar-refractivity contribution is -0.137. The number of fused-ring (bicyclic) bond motifs is 1. The van der Waals surface area contributed by atoms with Gasteiger partial charge in [-0.1, -0.05) is 0 Å². The predicted molar refractivity (Wildman–Crippen MR) is 140 cm³/mol. The third kappa shape index (κ3) is 5.24. The van der Waals surface area contributed by atoms with Crippen LogP contribution in [0.1, 0.15) is 18.4 Å². The van der Waals surface area contributed by atoms with Crippen molar-refractivity contribution in [1.82, 2.24) is 29.6 Å². The van der Waals surface area contributed by atoms with Crippen LogP contribution in [0.2, 0.25) is 0 Å². The second-order valence-electron chi connectivity index (χ2n) is 9.63. The summed E-state index contributed by atoms with van der Waals surface area (Å²) in [6.07, 6.45) is 6.57. The Labute approximate surface area is 222 Å². The molecule has 5 heterocycles. The summed E-state index contributed by atoms with van der Waals surface area (Å²) >= 11 is 0. The molecular formula is C29H24F4N6. The maximum absolute atomic E-state index is 14.8. The van der Waals surface area contributed by atoms with E-state index in [-0.39, 0.29) is 11.3 Å². The number of rotatable bonds is 6. The predicted octanol–water partition coefficient (Wildman–Crippen LogP) is 6.48. The molecule has 0 N–H and O–H groups in total. The molecule has 198 valence electrons. The Kier molecular flexibility index (Phi) is 6.56. The number of likely N-dealkylation sites (tertiary alicyclic amines) is 1. The van der Waals surface area contributed by atoms with Crippen molar-refractivity contribution in [1.29, 1.82) is 0 Å². The third-order valence-electron chi connectivity index (χ3n) is 7.01. The average Bonchev–Trinajstić information content (AvgIpc) is 3.63. The summed E-state index contributed by atoms with van der Waals surface area (Å²) in [5, 5.41) is 5.18. The van der Waals surface area contributed by atoms with E-state index in [4.69, 9.17) is 0 Å². The number of hydrogen-bond donors (Lipinski definition) is 0. The molecule has 0 spiro atoms. The van der Waals surface area contributed by atoms with Crippen LogP contribution in [0.5, 0.6) is 0 Å². The second-order valence-corrected chi connectivity index (χ2v) is 9.63. The molecule has 0 radical (unpaired) electrons. The van der Waals surface area contributed by atoms with Crippen LogP contribution in [0.15, 0.2) is 73.4 Å². The normalized spacial score (nSPS) is 14.4. The zero-order chi connectivity index (χ0) is 27.0. The van der Waals surface area contributed by atoms with Crippen molar-refractivity contribution in [3.8, 4) is 33.5 Å². The van der Waals surface area contributed by atoms with Crippen LogP contribution in [-0.2, 0) is 12.7 Å². The summed E-state index contributed by atoms with van der Waals surface area (Å²) in [6.45, 7) is 3.99. The molecule has 5 aromatic rings. The number of benzene rings is 1. The summed E-state index contributed by atoms with van der Waals surface area (Å²) in [6, 6.07) is 9.40. The summed E-state index contributed by atoms with van der Waals surface area (Å²) in [4.78, 5) is 15.5. The lowest BCUT2D eigenvalue weighted by atomic mass is 9.98. The summed E-state index contributed by atoms with van der Waals surface area (Å²) < 4.78 is 56.8. The summed E-state index contributed by atoms with van der Waals surface area (Å²) in [7, 11) is 0. The Morgan fingerprint density at radius 1 is 0.846 bits per heavy atom. The van der Waals surface area contributed by atoms with Gasteiger partial charge in [-0.2, -0.15) is 18.3 Å². The van der Waals surface area contributed by atoms with Gasteiger partial charge in [-0.05, 0) is 74.0 Å². The number of pyridine rings is 3. The molecule has 1 aromatic carbocycles. The van der Waals surface area contributed by atoms with Crippen molar-refractivity contribution in [2.24, 2.45) is 0 Å². The van der Waals surface area contributed by atoms with Crippen LogP contribution in [0, 0.1) is 5.82 Å². The lowest BCUT2D eigenvalue weighted by Gasteiger charge is -2.13. The Morgan fingerprint density at radius 3 is 2.49 bits per heavy atom. The second kappa shape index (κ2) is 10.2. The fourth-order valence-electron chi connectivity index (χ4n) is 4.96. The van der Waals surface area contributed by atoms with Crippen LogP contribution in [0.3, 0.4) is 0 Å². The molecular weight excluding hydrogens is 508 g/mol. The smallest absolute Gasteiger partial charge is 0.301 e. The molecule has 0 aliphatic carbocycles. The Bertz CT molecular complexity index is 1640. The Morgan fingerprint density at radius 2 is 1.67 bits per heavy atom. The minimum absolute atomic E-state index is 0.0555. The van der Waals surface area contributed by atoms with E-state index in [1.807, 2.05) is 23.0 Å². The van der Waals surface area contributed by atoms with Crippen molar-refractivity contribution in [3.05, 3.63) is 84.8 Å². The molecule has 10 heteroatoms. The monoisotopic (exact) mass is 532 g/mol. The van der Waals surface area contributed by atoms with Crippen molar-refractivity contribution in [2.45, 2.75) is 25.6 Å². The third-order valence-corrected chi connectivity index (χ3v) is 7.01. The van der Waals surface area contributed by atoms with Crippen molar-refractivity contribution >= 4 is 11.0 Å². The highest BCUT2D eigenvalue weighted by Crippen LogP contribution is 2.36. The zero-order valence-electron chi connectivity index (χ0n) is 20.9. The quantitative estimate of drug-likeness (QED) is 0.235. The molecule has 39 heavy (non-hydrogen) atoms.